The van der Waals surface area contributed by atoms with E-state index in [0.717, 1.165) is 0 Å². The van der Waals surface area contributed by atoms with Crippen molar-refractivity contribution >= 4 is 35.1 Å². The van der Waals surface area contributed by atoms with Gasteiger partial charge in [-0.25, -0.2) is 0 Å². The molecule has 0 radical (unpaired) electrons. The fourth-order valence-electron chi connectivity index (χ4n) is 1.17. The second-order valence-corrected chi connectivity index (χ2v) is 5.65. The highest BCUT2D eigenvalue weighted by molar-refractivity contribution is 6.53. The van der Waals surface area contributed by atoms with E-state index in [4.69, 9.17) is 28.3 Å². The predicted molar refractivity (Wildman–Crippen MR) is 57.0 cm³/mol. The maximum atomic E-state index is 11.6. The van der Waals surface area contributed by atoms with Crippen LogP contribution in [0.5, 0.6) is 0 Å². The summed E-state index contributed by atoms with van der Waals surface area (Å²) in [5.74, 6) is -1.85. The Kier molecular flexibility index (Phi) is 3.22. The van der Waals surface area contributed by atoms with Gasteiger partial charge in [0.15, 0.2) is 0 Å². The Labute approximate surface area is 97.9 Å². The minimum atomic E-state index is -1.01. The number of hydrogen-bond donors (Lipinski definition) is 2. The number of aliphatic carboxylic acids is 1. The molecule has 0 aromatic carbocycles. The average Bonchev–Trinajstić information content (AvgIpc) is 2.62. The number of hydrogen-bond acceptors (Lipinski definition) is 2. The molecule has 1 amide bonds. The maximum absolute atomic E-state index is 11.6. The van der Waals surface area contributed by atoms with Crippen molar-refractivity contribution in [1.29, 1.82) is 0 Å². The van der Waals surface area contributed by atoms with Crippen molar-refractivity contribution in [2.24, 2.45) is 11.3 Å². The van der Waals surface area contributed by atoms with Crippen molar-refractivity contribution in [2.45, 2.75) is 24.6 Å². The summed E-state index contributed by atoms with van der Waals surface area (Å²) in [7, 11) is 0. The molecule has 0 spiro atoms. The molecule has 86 valence electrons. The molecule has 0 saturated heterocycles. The number of nitrogens with one attached hydrogen (secondary N) is 1. The number of carboxylic acid groups (broad SMARTS) is 1. The van der Waals surface area contributed by atoms with E-state index in [9.17, 15) is 9.59 Å². The molecule has 0 aromatic rings. The Balaban J connectivity index is 2.42. The van der Waals surface area contributed by atoms with Crippen molar-refractivity contribution in [2.75, 3.05) is 6.54 Å². The zero-order valence-electron chi connectivity index (χ0n) is 8.51. The van der Waals surface area contributed by atoms with Gasteiger partial charge in [-0.2, -0.15) is 0 Å². The third kappa shape index (κ3) is 2.37. The third-order valence-electron chi connectivity index (χ3n) is 2.75. The first-order chi connectivity index (χ1) is 6.71. The van der Waals surface area contributed by atoms with Crippen LogP contribution in [0.3, 0.4) is 0 Å². The predicted octanol–water partition coefficient (Wildman–Crippen LogP) is 1.41. The van der Waals surface area contributed by atoms with Gasteiger partial charge in [-0.3, -0.25) is 9.59 Å². The van der Waals surface area contributed by atoms with Crippen LogP contribution in [-0.2, 0) is 9.59 Å². The summed E-state index contributed by atoms with van der Waals surface area (Å²) >= 11 is 11.6. The van der Waals surface area contributed by atoms with Gasteiger partial charge in [-0.05, 0) is 13.3 Å². The number of halogens is 2. The van der Waals surface area contributed by atoms with E-state index in [0.29, 0.717) is 6.42 Å². The van der Waals surface area contributed by atoms with E-state index >= 15 is 0 Å². The lowest BCUT2D eigenvalue weighted by molar-refractivity contribution is -0.141. The molecule has 1 aliphatic rings. The summed E-state index contributed by atoms with van der Waals surface area (Å²) in [6.45, 7) is 3.27. The zero-order valence-corrected chi connectivity index (χ0v) is 10.0. The summed E-state index contributed by atoms with van der Waals surface area (Å²) < 4.78 is -1.01. The number of carbonyl (C=O) groups excluding carboxylic acids is 1. The van der Waals surface area contributed by atoms with E-state index in [1.807, 2.05) is 0 Å². The average molecular weight is 254 g/mol. The van der Waals surface area contributed by atoms with Gasteiger partial charge in [0, 0.05) is 6.54 Å². The van der Waals surface area contributed by atoms with Crippen molar-refractivity contribution in [3.8, 4) is 0 Å². The molecule has 1 fully saturated rings. The van der Waals surface area contributed by atoms with Gasteiger partial charge < -0.3 is 10.4 Å². The Morgan fingerprint density at radius 1 is 1.53 bits per heavy atom. The minimum absolute atomic E-state index is 0.0909. The molecule has 0 aromatic heterocycles. The molecule has 1 saturated carbocycles. The van der Waals surface area contributed by atoms with Gasteiger partial charge in [0.25, 0.3) is 0 Å². The molecule has 1 rings (SSSR count). The quantitative estimate of drug-likeness (QED) is 0.745. The van der Waals surface area contributed by atoms with Gasteiger partial charge in [-0.1, -0.05) is 6.92 Å². The molecule has 1 aliphatic carbocycles. The molecule has 15 heavy (non-hydrogen) atoms. The fourth-order valence-corrected chi connectivity index (χ4v) is 1.88. The van der Waals surface area contributed by atoms with Crippen LogP contribution >= 0.6 is 23.2 Å². The molecular formula is C9H13Cl2NO3. The van der Waals surface area contributed by atoms with Crippen molar-refractivity contribution < 1.29 is 14.7 Å². The zero-order chi connectivity index (χ0) is 11.9. The van der Waals surface area contributed by atoms with Gasteiger partial charge in [0.05, 0.1) is 11.3 Å². The first-order valence-corrected chi connectivity index (χ1v) is 5.35. The Hall–Kier alpha value is -0.480. The SMILES string of the molecule is CC(CNC(=O)C1(C)CC1(Cl)Cl)C(=O)O. The normalized spacial score (nSPS) is 29.3. The van der Waals surface area contributed by atoms with Crippen molar-refractivity contribution in [3.63, 3.8) is 0 Å². The molecule has 4 nitrogen and oxygen atoms in total. The van der Waals surface area contributed by atoms with Crippen LogP contribution in [0.2, 0.25) is 0 Å². The van der Waals surface area contributed by atoms with E-state index in [-0.39, 0.29) is 12.5 Å². The van der Waals surface area contributed by atoms with Crippen LogP contribution in [0, 0.1) is 11.3 Å². The lowest BCUT2D eigenvalue weighted by Gasteiger charge is -2.14. The molecule has 0 aliphatic heterocycles. The minimum Gasteiger partial charge on any atom is -0.481 e. The van der Waals surface area contributed by atoms with E-state index in [1.165, 1.54) is 6.92 Å². The van der Waals surface area contributed by atoms with Gasteiger partial charge >= 0.3 is 5.97 Å². The number of alkyl halides is 2. The van der Waals surface area contributed by atoms with Crippen LogP contribution in [0.4, 0.5) is 0 Å². The van der Waals surface area contributed by atoms with E-state index in [2.05, 4.69) is 5.32 Å². The number of carbonyl (C=O) groups is 2. The lowest BCUT2D eigenvalue weighted by Crippen LogP contribution is -2.37. The number of rotatable bonds is 4. The van der Waals surface area contributed by atoms with Crippen LogP contribution in [-0.4, -0.2) is 27.9 Å². The Morgan fingerprint density at radius 3 is 2.33 bits per heavy atom. The number of carboxylic acids is 1. The largest absolute Gasteiger partial charge is 0.481 e. The molecule has 2 atom stereocenters. The second kappa shape index (κ2) is 3.83. The highest BCUT2D eigenvalue weighted by Gasteiger charge is 2.67. The maximum Gasteiger partial charge on any atom is 0.308 e. The molecule has 0 heterocycles. The molecule has 2 unspecified atom stereocenters. The summed E-state index contributed by atoms with van der Waals surface area (Å²) in [6.07, 6.45) is 0.399. The van der Waals surface area contributed by atoms with Gasteiger partial charge in [0.2, 0.25) is 5.91 Å². The second-order valence-electron chi connectivity index (χ2n) is 4.16. The lowest BCUT2D eigenvalue weighted by atomic mass is 10.1. The van der Waals surface area contributed by atoms with Crippen LogP contribution in [0.15, 0.2) is 0 Å². The summed E-state index contributed by atoms with van der Waals surface area (Å²) in [6, 6.07) is 0. The molecular weight excluding hydrogens is 241 g/mol. The van der Waals surface area contributed by atoms with Gasteiger partial charge in [-0.15, -0.1) is 23.2 Å². The molecule has 0 bridgehead atoms. The van der Waals surface area contributed by atoms with Crippen LogP contribution in [0.25, 0.3) is 0 Å². The first-order valence-electron chi connectivity index (χ1n) is 4.59. The van der Waals surface area contributed by atoms with Gasteiger partial charge in [0.1, 0.15) is 4.33 Å². The van der Waals surface area contributed by atoms with E-state index in [1.54, 1.807) is 6.92 Å². The molecule has 6 heteroatoms. The first kappa shape index (κ1) is 12.6. The standard InChI is InChI=1S/C9H13Cl2NO3/c1-5(6(13)14)3-12-7(15)8(2)4-9(8,10)11/h5H,3-4H2,1-2H3,(H,12,15)(H,13,14). The van der Waals surface area contributed by atoms with E-state index < -0.39 is 21.6 Å². The summed E-state index contributed by atoms with van der Waals surface area (Å²) in [5.41, 5.74) is -0.783. The van der Waals surface area contributed by atoms with Crippen LogP contribution in [0.1, 0.15) is 20.3 Å². The van der Waals surface area contributed by atoms with Crippen molar-refractivity contribution in [1.82, 2.24) is 5.32 Å². The third-order valence-corrected chi connectivity index (χ3v) is 3.85. The fraction of sp³-hybridized carbons (Fsp3) is 0.778. The topological polar surface area (TPSA) is 66.4 Å². The Bertz CT molecular complexity index is 306. The smallest absolute Gasteiger partial charge is 0.308 e. The summed E-state index contributed by atoms with van der Waals surface area (Å²) in [4.78, 5) is 22.1. The number of amides is 1. The highest BCUT2D eigenvalue weighted by atomic mass is 35.5. The van der Waals surface area contributed by atoms with Crippen LogP contribution < -0.4 is 5.32 Å². The Morgan fingerprint density at radius 2 is 2.00 bits per heavy atom. The summed E-state index contributed by atoms with van der Waals surface area (Å²) in [5, 5.41) is 11.1. The monoisotopic (exact) mass is 253 g/mol. The van der Waals surface area contributed by atoms with Crippen molar-refractivity contribution in [3.05, 3.63) is 0 Å². The molecule has 2 N–H and O–H groups in total. The highest BCUT2D eigenvalue weighted by Crippen LogP contribution is 2.63.